The topological polar surface area (TPSA) is 60.0 Å². The minimum Gasteiger partial charge on any atom is -0.493 e. The number of rotatable bonds is 8. The number of nitrogens with one attached hydrogen (secondary N) is 1. The number of hydrogen-bond donors (Lipinski definition) is 2. The van der Waals surface area contributed by atoms with Crippen molar-refractivity contribution in [1.29, 1.82) is 0 Å². The fourth-order valence-electron chi connectivity index (χ4n) is 2.41. The van der Waals surface area contributed by atoms with Crippen LogP contribution in [0.1, 0.15) is 12.8 Å². The maximum absolute atomic E-state index is 9.94. The Morgan fingerprint density at radius 2 is 2.19 bits per heavy atom. The molecule has 2 rings (SSSR count). The summed E-state index contributed by atoms with van der Waals surface area (Å²) >= 11 is 0. The summed E-state index contributed by atoms with van der Waals surface area (Å²) in [7, 11) is 1.60. The molecule has 0 spiro atoms. The van der Waals surface area contributed by atoms with Crippen molar-refractivity contribution in [2.75, 3.05) is 40.0 Å². The first-order chi connectivity index (χ1) is 10.3. The van der Waals surface area contributed by atoms with Gasteiger partial charge in [-0.2, -0.15) is 0 Å². The minimum atomic E-state index is -0.542. The van der Waals surface area contributed by atoms with Crippen molar-refractivity contribution in [3.8, 4) is 11.5 Å². The number of hydrogen-bond acceptors (Lipinski definition) is 5. The van der Waals surface area contributed by atoms with E-state index in [1.54, 1.807) is 7.11 Å². The van der Waals surface area contributed by atoms with Crippen LogP contribution in [-0.4, -0.2) is 51.2 Å². The summed E-state index contributed by atoms with van der Waals surface area (Å²) in [6.07, 6.45) is 1.78. The quantitative estimate of drug-likeness (QED) is 0.760. The zero-order valence-corrected chi connectivity index (χ0v) is 12.6. The van der Waals surface area contributed by atoms with Gasteiger partial charge in [0.15, 0.2) is 11.5 Å². The lowest BCUT2D eigenvalue weighted by Crippen LogP contribution is -2.36. The Labute approximate surface area is 126 Å². The highest BCUT2D eigenvalue weighted by Crippen LogP contribution is 2.25. The maximum Gasteiger partial charge on any atom is 0.161 e. The van der Waals surface area contributed by atoms with Gasteiger partial charge in [-0.3, -0.25) is 0 Å². The molecular weight excluding hydrogens is 270 g/mol. The van der Waals surface area contributed by atoms with Crippen LogP contribution < -0.4 is 14.8 Å². The molecule has 2 N–H and O–H groups in total. The number of aliphatic hydroxyl groups excluding tert-OH is 1. The number of benzene rings is 1. The van der Waals surface area contributed by atoms with E-state index in [2.05, 4.69) is 5.32 Å². The molecule has 1 aromatic rings. The number of methoxy groups -OCH3 is 1. The largest absolute Gasteiger partial charge is 0.493 e. The second kappa shape index (κ2) is 8.87. The van der Waals surface area contributed by atoms with Crippen molar-refractivity contribution in [1.82, 2.24) is 5.32 Å². The predicted octanol–water partition coefficient (Wildman–Crippen LogP) is 1.45. The molecule has 2 unspecified atom stereocenters. The summed E-state index contributed by atoms with van der Waals surface area (Å²) in [6, 6.07) is 7.43. The third-order valence-corrected chi connectivity index (χ3v) is 3.57. The second-order valence-corrected chi connectivity index (χ2v) is 5.36. The van der Waals surface area contributed by atoms with Crippen molar-refractivity contribution in [3.63, 3.8) is 0 Å². The average molecular weight is 295 g/mol. The van der Waals surface area contributed by atoms with Crippen LogP contribution in [0, 0.1) is 5.92 Å². The Bertz CT molecular complexity index is 407. The Morgan fingerprint density at radius 3 is 2.90 bits per heavy atom. The first-order valence-corrected chi connectivity index (χ1v) is 7.52. The number of para-hydroxylation sites is 2. The number of aliphatic hydroxyl groups is 1. The van der Waals surface area contributed by atoms with E-state index >= 15 is 0 Å². The van der Waals surface area contributed by atoms with Crippen LogP contribution in [0.25, 0.3) is 0 Å². The molecule has 5 nitrogen and oxygen atoms in total. The molecule has 0 radical (unpaired) electrons. The van der Waals surface area contributed by atoms with Crippen molar-refractivity contribution in [2.24, 2.45) is 5.92 Å². The highest BCUT2D eigenvalue weighted by atomic mass is 16.5. The van der Waals surface area contributed by atoms with Crippen LogP contribution in [0.15, 0.2) is 24.3 Å². The van der Waals surface area contributed by atoms with E-state index in [4.69, 9.17) is 14.2 Å². The lowest BCUT2D eigenvalue weighted by atomic mass is 10.0. The van der Waals surface area contributed by atoms with E-state index in [1.165, 1.54) is 6.42 Å². The maximum atomic E-state index is 9.94. The van der Waals surface area contributed by atoms with Crippen molar-refractivity contribution < 1.29 is 19.3 Å². The lowest BCUT2D eigenvalue weighted by molar-refractivity contribution is 0.0515. The Hall–Kier alpha value is -1.30. The first-order valence-electron chi connectivity index (χ1n) is 7.52. The molecule has 0 bridgehead atoms. The van der Waals surface area contributed by atoms with E-state index in [0.29, 0.717) is 24.0 Å². The van der Waals surface area contributed by atoms with E-state index < -0.39 is 6.10 Å². The van der Waals surface area contributed by atoms with Gasteiger partial charge in [0.1, 0.15) is 12.7 Å². The zero-order valence-electron chi connectivity index (χ0n) is 12.6. The molecular formula is C16H25NO4. The summed E-state index contributed by atoms with van der Waals surface area (Å²) in [5.74, 6) is 1.89. The summed E-state index contributed by atoms with van der Waals surface area (Å²) in [5, 5.41) is 13.2. The number of ether oxygens (including phenoxy) is 3. The molecule has 118 valence electrons. The van der Waals surface area contributed by atoms with Crippen LogP contribution >= 0.6 is 0 Å². The standard InChI is InChI=1S/C16H25NO4/c1-19-15-6-2-3-7-16(15)21-12-14(18)10-17-9-13-5-4-8-20-11-13/h2-3,6-7,13-14,17-18H,4-5,8-12H2,1H3. The van der Waals surface area contributed by atoms with Gasteiger partial charge >= 0.3 is 0 Å². The lowest BCUT2D eigenvalue weighted by Gasteiger charge is -2.23. The molecule has 1 aromatic carbocycles. The monoisotopic (exact) mass is 295 g/mol. The molecule has 1 saturated heterocycles. The highest BCUT2D eigenvalue weighted by Gasteiger charge is 2.14. The molecule has 1 aliphatic rings. The van der Waals surface area contributed by atoms with Crippen LogP contribution in [-0.2, 0) is 4.74 Å². The van der Waals surface area contributed by atoms with Crippen LogP contribution in [0.2, 0.25) is 0 Å². The SMILES string of the molecule is COc1ccccc1OCC(O)CNCC1CCCOC1. The van der Waals surface area contributed by atoms with Gasteiger partial charge in [-0.05, 0) is 30.9 Å². The van der Waals surface area contributed by atoms with E-state index in [1.807, 2.05) is 24.3 Å². The van der Waals surface area contributed by atoms with Gasteiger partial charge in [0.05, 0.1) is 13.7 Å². The average Bonchev–Trinajstić information content (AvgIpc) is 2.54. The molecule has 0 aromatic heterocycles. The summed E-state index contributed by atoms with van der Waals surface area (Å²) in [4.78, 5) is 0. The predicted molar refractivity (Wildman–Crippen MR) is 80.9 cm³/mol. The molecule has 1 aliphatic heterocycles. The molecule has 2 atom stereocenters. The van der Waals surface area contributed by atoms with Gasteiger partial charge in [0.25, 0.3) is 0 Å². The Kier molecular flexibility index (Phi) is 6.79. The third kappa shape index (κ3) is 5.53. The molecule has 0 saturated carbocycles. The Morgan fingerprint density at radius 1 is 1.38 bits per heavy atom. The van der Waals surface area contributed by atoms with Crippen molar-refractivity contribution >= 4 is 0 Å². The molecule has 0 amide bonds. The van der Waals surface area contributed by atoms with Crippen LogP contribution in [0.4, 0.5) is 0 Å². The van der Waals surface area contributed by atoms with Crippen molar-refractivity contribution in [3.05, 3.63) is 24.3 Å². The summed E-state index contributed by atoms with van der Waals surface area (Å²) in [6.45, 7) is 3.35. The van der Waals surface area contributed by atoms with Crippen molar-refractivity contribution in [2.45, 2.75) is 18.9 Å². The van der Waals surface area contributed by atoms with Gasteiger partial charge < -0.3 is 24.6 Å². The summed E-state index contributed by atoms with van der Waals surface area (Å²) in [5.41, 5.74) is 0. The van der Waals surface area contributed by atoms with Gasteiger partial charge in [-0.15, -0.1) is 0 Å². The van der Waals surface area contributed by atoms with E-state index in [-0.39, 0.29) is 6.61 Å². The molecule has 0 aliphatic carbocycles. The normalized spacial score (nSPS) is 20.0. The highest BCUT2D eigenvalue weighted by molar-refractivity contribution is 5.39. The second-order valence-electron chi connectivity index (χ2n) is 5.36. The van der Waals surface area contributed by atoms with E-state index in [9.17, 15) is 5.11 Å². The van der Waals surface area contributed by atoms with Gasteiger partial charge in [0, 0.05) is 19.7 Å². The molecule has 5 heteroatoms. The fourth-order valence-corrected chi connectivity index (χ4v) is 2.41. The molecule has 1 fully saturated rings. The Balaban J connectivity index is 1.63. The summed E-state index contributed by atoms with van der Waals surface area (Å²) < 4.78 is 16.2. The van der Waals surface area contributed by atoms with Crippen LogP contribution in [0.3, 0.4) is 0 Å². The smallest absolute Gasteiger partial charge is 0.161 e. The minimum absolute atomic E-state index is 0.245. The molecule has 1 heterocycles. The molecule has 21 heavy (non-hydrogen) atoms. The fraction of sp³-hybridized carbons (Fsp3) is 0.625. The van der Waals surface area contributed by atoms with Gasteiger partial charge in [0.2, 0.25) is 0 Å². The zero-order chi connectivity index (χ0) is 14.9. The van der Waals surface area contributed by atoms with E-state index in [0.717, 1.165) is 26.2 Å². The third-order valence-electron chi connectivity index (χ3n) is 3.57. The van der Waals surface area contributed by atoms with Crippen LogP contribution in [0.5, 0.6) is 11.5 Å². The first kappa shape index (κ1) is 16.1. The van der Waals surface area contributed by atoms with Gasteiger partial charge in [-0.1, -0.05) is 12.1 Å². The van der Waals surface area contributed by atoms with Gasteiger partial charge in [-0.25, -0.2) is 0 Å².